The van der Waals surface area contributed by atoms with Crippen LogP contribution in [0.2, 0.25) is 0 Å². The van der Waals surface area contributed by atoms with Crippen LogP contribution >= 0.6 is 23.5 Å². The molecule has 3 aliphatic rings. The van der Waals surface area contributed by atoms with Crippen molar-refractivity contribution in [2.75, 3.05) is 13.2 Å². The third kappa shape index (κ3) is 10.6. The first-order chi connectivity index (χ1) is 23.2. The van der Waals surface area contributed by atoms with E-state index in [1.165, 1.54) is 37.7 Å². The van der Waals surface area contributed by atoms with Gasteiger partial charge in [-0.3, -0.25) is 34.8 Å². The Labute approximate surface area is 290 Å². The molecule has 1 saturated carbocycles. The number of aryl methyl sites for hydroxylation is 1. The molecule has 2 saturated heterocycles. The van der Waals surface area contributed by atoms with Gasteiger partial charge in [0, 0.05) is 23.7 Å². The van der Waals surface area contributed by atoms with Crippen LogP contribution in [0.25, 0.3) is 0 Å². The Bertz CT molecular complexity index is 1560. The van der Waals surface area contributed by atoms with E-state index in [2.05, 4.69) is 35.5 Å². The van der Waals surface area contributed by atoms with E-state index in [9.17, 15) is 19.2 Å². The third-order valence-electron chi connectivity index (χ3n) is 8.79. The van der Waals surface area contributed by atoms with Crippen molar-refractivity contribution in [3.63, 3.8) is 0 Å². The molecule has 4 amide bonds. The van der Waals surface area contributed by atoms with Crippen molar-refractivity contribution >= 4 is 45.8 Å². The molecule has 48 heavy (non-hydrogen) atoms. The molecule has 2 aromatic carbocycles. The van der Waals surface area contributed by atoms with Crippen molar-refractivity contribution in [1.29, 1.82) is 0 Å². The SMILES string of the molecule is CC1(COc2ccc(CC3SC(=O)NC3=O)cc2)CCCCC1.CCc1ccc(CCOc2ccc(CC3SC(=O)NC3=O)cc2)nc1. The second kappa shape index (κ2) is 17.0. The molecule has 1 aliphatic carbocycles. The minimum Gasteiger partial charge on any atom is -0.493 e. The number of hydrogen-bond donors (Lipinski definition) is 2. The first-order valence-corrected chi connectivity index (χ1v) is 18.3. The van der Waals surface area contributed by atoms with Gasteiger partial charge in [-0.25, -0.2) is 0 Å². The molecule has 2 atom stereocenters. The molecule has 2 unspecified atom stereocenters. The summed E-state index contributed by atoms with van der Waals surface area (Å²) in [5.41, 5.74) is 4.60. The van der Waals surface area contributed by atoms with Crippen molar-refractivity contribution < 1.29 is 28.7 Å². The fraction of sp³-hybridized carbons (Fsp3) is 0.432. The van der Waals surface area contributed by atoms with E-state index in [4.69, 9.17) is 9.47 Å². The van der Waals surface area contributed by atoms with Crippen molar-refractivity contribution in [1.82, 2.24) is 15.6 Å². The van der Waals surface area contributed by atoms with Crippen LogP contribution in [0.4, 0.5) is 9.59 Å². The topological polar surface area (TPSA) is 124 Å². The zero-order chi connectivity index (χ0) is 33.9. The summed E-state index contributed by atoms with van der Waals surface area (Å²) in [7, 11) is 0. The average molecular weight is 690 g/mol. The standard InChI is InChI=1S/C19H20N2O3S.C18H23NO3S/c1-2-13-3-6-15(20-12-13)9-10-24-16-7-4-14(5-8-16)11-17-18(22)21-19(23)25-17;1-18(9-3-2-4-10-18)12-22-14-7-5-13(6-8-14)11-15-16(20)19-17(21)23-15/h3-8,12,17H,2,9-11H2,1H3,(H,21,22,23);5-8,15H,2-4,9-12H2,1H3,(H,19,20,21). The van der Waals surface area contributed by atoms with Gasteiger partial charge in [0.1, 0.15) is 11.5 Å². The monoisotopic (exact) mass is 689 g/mol. The van der Waals surface area contributed by atoms with Crippen LogP contribution in [0.3, 0.4) is 0 Å². The van der Waals surface area contributed by atoms with Gasteiger partial charge >= 0.3 is 0 Å². The number of rotatable bonds is 12. The van der Waals surface area contributed by atoms with Gasteiger partial charge in [-0.2, -0.15) is 0 Å². The second-order valence-electron chi connectivity index (χ2n) is 12.7. The third-order valence-corrected chi connectivity index (χ3v) is 10.8. The molecule has 3 aromatic rings. The summed E-state index contributed by atoms with van der Waals surface area (Å²) in [6, 6.07) is 19.7. The predicted octanol–water partition coefficient (Wildman–Crippen LogP) is 7.09. The number of pyridine rings is 1. The fourth-order valence-electron chi connectivity index (χ4n) is 5.82. The molecule has 2 N–H and O–H groups in total. The maximum atomic E-state index is 11.6. The zero-order valence-electron chi connectivity index (χ0n) is 27.5. The summed E-state index contributed by atoms with van der Waals surface area (Å²) < 4.78 is 11.7. The second-order valence-corrected chi connectivity index (χ2v) is 15.1. The minimum absolute atomic E-state index is 0.189. The highest BCUT2D eigenvalue weighted by atomic mass is 32.2. The molecule has 6 rings (SSSR count). The van der Waals surface area contributed by atoms with Crippen molar-refractivity contribution in [3.8, 4) is 11.5 Å². The number of thioether (sulfide) groups is 2. The number of aromatic nitrogens is 1. The number of ether oxygens (including phenoxy) is 2. The maximum absolute atomic E-state index is 11.6. The van der Waals surface area contributed by atoms with E-state index >= 15 is 0 Å². The molecule has 3 heterocycles. The fourth-order valence-corrected chi connectivity index (χ4v) is 7.54. The molecule has 2 aliphatic heterocycles. The number of benzene rings is 2. The number of nitrogens with one attached hydrogen (secondary N) is 2. The van der Waals surface area contributed by atoms with Crippen LogP contribution in [-0.2, 0) is 35.3 Å². The molecule has 3 fully saturated rings. The van der Waals surface area contributed by atoms with Crippen LogP contribution in [0, 0.1) is 5.41 Å². The smallest absolute Gasteiger partial charge is 0.286 e. The maximum Gasteiger partial charge on any atom is 0.286 e. The van der Waals surface area contributed by atoms with Crippen molar-refractivity contribution in [2.45, 2.75) is 82.1 Å². The zero-order valence-corrected chi connectivity index (χ0v) is 29.1. The van der Waals surface area contributed by atoms with Gasteiger partial charge in [-0.1, -0.05) is 87.0 Å². The number of carbonyl (C=O) groups is 4. The number of hydrogen-bond acceptors (Lipinski definition) is 9. The van der Waals surface area contributed by atoms with E-state index in [1.807, 2.05) is 60.8 Å². The summed E-state index contributed by atoms with van der Waals surface area (Å²) in [6.45, 7) is 5.75. The lowest BCUT2D eigenvalue weighted by Gasteiger charge is -2.33. The molecule has 0 radical (unpaired) electrons. The Morgan fingerprint density at radius 3 is 1.71 bits per heavy atom. The van der Waals surface area contributed by atoms with E-state index in [1.54, 1.807) is 0 Å². The predicted molar refractivity (Wildman–Crippen MR) is 190 cm³/mol. The Morgan fingerprint density at radius 2 is 1.25 bits per heavy atom. The van der Waals surface area contributed by atoms with Crippen LogP contribution in [0.15, 0.2) is 66.9 Å². The van der Waals surface area contributed by atoms with Gasteiger partial charge in [0.2, 0.25) is 11.8 Å². The summed E-state index contributed by atoms with van der Waals surface area (Å²) in [4.78, 5) is 50.0. The molecule has 254 valence electrons. The number of carbonyl (C=O) groups excluding carboxylic acids is 4. The van der Waals surface area contributed by atoms with E-state index < -0.39 is 0 Å². The van der Waals surface area contributed by atoms with E-state index in [0.717, 1.165) is 71.3 Å². The van der Waals surface area contributed by atoms with Crippen LogP contribution in [-0.4, -0.2) is 51.0 Å². The highest BCUT2D eigenvalue weighted by Gasteiger charge is 2.32. The Hall–Kier alpha value is -3.83. The quantitative estimate of drug-likeness (QED) is 0.205. The molecule has 0 spiro atoms. The largest absolute Gasteiger partial charge is 0.493 e. The highest BCUT2D eigenvalue weighted by molar-refractivity contribution is 8.15. The lowest BCUT2D eigenvalue weighted by molar-refractivity contribution is -0.119. The Balaban J connectivity index is 0.000000188. The van der Waals surface area contributed by atoms with Gasteiger partial charge in [-0.15, -0.1) is 0 Å². The van der Waals surface area contributed by atoms with E-state index in [0.29, 0.717) is 24.9 Å². The number of nitrogens with zero attached hydrogens (tertiary/aromatic N) is 1. The Kier molecular flexibility index (Phi) is 12.6. The number of amides is 4. The Morgan fingerprint density at radius 1 is 0.729 bits per heavy atom. The van der Waals surface area contributed by atoms with Gasteiger partial charge in [0.15, 0.2) is 0 Å². The van der Waals surface area contributed by atoms with Crippen molar-refractivity contribution in [2.24, 2.45) is 5.41 Å². The summed E-state index contributed by atoms with van der Waals surface area (Å²) in [5, 5.41) is 3.46. The molecular formula is C37H43N3O6S2. The lowest BCUT2D eigenvalue weighted by Crippen LogP contribution is -2.27. The molecule has 9 nitrogen and oxygen atoms in total. The minimum atomic E-state index is -0.337. The molecule has 11 heteroatoms. The first-order valence-electron chi connectivity index (χ1n) is 16.6. The molecule has 0 bridgehead atoms. The highest BCUT2D eigenvalue weighted by Crippen LogP contribution is 2.36. The van der Waals surface area contributed by atoms with Crippen LogP contribution < -0.4 is 20.1 Å². The van der Waals surface area contributed by atoms with Crippen molar-refractivity contribution in [3.05, 3.63) is 89.2 Å². The van der Waals surface area contributed by atoms with Gasteiger partial charge in [0.25, 0.3) is 10.5 Å². The summed E-state index contributed by atoms with van der Waals surface area (Å²) in [5.74, 6) is 1.26. The summed E-state index contributed by atoms with van der Waals surface area (Å²) >= 11 is 2.12. The number of imide groups is 2. The normalized spacial score (nSPS) is 20.0. The molecule has 1 aromatic heterocycles. The van der Waals surface area contributed by atoms with Gasteiger partial charge in [0.05, 0.1) is 23.7 Å². The van der Waals surface area contributed by atoms with Crippen LogP contribution in [0.5, 0.6) is 11.5 Å². The van der Waals surface area contributed by atoms with Gasteiger partial charge < -0.3 is 9.47 Å². The lowest BCUT2D eigenvalue weighted by atomic mass is 9.76. The summed E-state index contributed by atoms with van der Waals surface area (Å²) in [6.07, 6.45) is 11.2. The average Bonchev–Trinajstić information content (AvgIpc) is 3.58. The van der Waals surface area contributed by atoms with E-state index in [-0.39, 0.29) is 32.8 Å². The molecular weight excluding hydrogens is 647 g/mol. The van der Waals surface area contributed by atoms with Gasteiger partial charge in [-0.05, 0) is 79.1 Å². The van der Waals surface area contributed by atoms with Crippen LogP contribution in [0.1, 0.15) is 68.3 Å². The first kappa shape index (κ1) is 35.5.